The smallest absolute Gasteiger partial charge is 0.408 e. The second kappa shape index (κ2) is 11.1. The van der Waals surface area contributed by atoms with Gasteiger partial charge in [-0.2, -0.15) is 0 Å². The Morgan fingerprint density at radius 3 is 2.43 bits per heavy atom. The molecule has 3 amide bonds. The van der Waals surface area contributed by atoms with Gasteiger partial charge in [-0.1, -0.05) is 42.5 Å². The highest BCUT2D eigenvalue weighted by atomic mass is 16.6. The van der Waals surface area contributed by atoms with Crippen LogP contribution < -0.4 is 16.4 Å². The van der Waals surface area contributed by atoms with Crippen LogP contribution >= 0.6 is 0 Å². The van der Waals surface area contributed by atoms with Gasteiger partial charge in [0.2, 0.25) is 11.8 Å². The number of H-pyrrole nitrogens is 1. The van der Waals surface area contributed by atoms with Crippen molar-refractivity contribution in [2.75, 3.05) is 13.1 Å². The number of ether oxygens (including phenoxy) is 1. The van der Waals surface area contributed by atoms with E-state index in [1.54, 1.807) is 34.6 Å². The molecule has 1 aromatic heterocycles. The monoisotopic (exact) mass is 573 g/mol. The van der Waals surface area contributed by atoms with E-state index in [9.17, 15) is 14.4 Å². The zero-order valence-electron chi connectivity index (χ0n) is 25.3. The molecule has 1 fully saturated rings. The fourth-order valence-corrected chi connectivity index (χ4v) is 6.47. The molecule has 5 N–H and O–H groups in total. The molecule has 3 aromatic rings. The predicted octanol–water partition coefficient (Wildman–Crippen LogP) is 4.46. The van der Waals surface area contributed by atoms with Crippen molar-refractivity contribution in [1.29, 1.82) is 0 Å². The first kappa shape index (κ1) is 29.6. The number of rotatable bonds is 6. The average molecular weight is 574 g/mol. The summed E-state index contributed by atoms with van der Waals surface area (Å²) < 4.78 is 5.36. The van der Waals surface area contributed by atoms with Gasteiger partial charge in [-0.25, -0.2) is 4.79 Å². The Morgan fingerprint density at radius 1 is 1.05 bits per heavy atom. The SMILES string of the molecule is CC(C)(C)OC(=O)NC(C)(C)C(=O)NC(Cc1c[nH]c2ccccc12)C(=O)N1CCC2(CC1)C[C@@H](N)c1ccccc12. The Bertz CT molecular complexity index is 1480. The van der Waals surface area contributed by atoms with E-state index in [4.69, 9.17) is 10.5 Å². The molecule has 0 saturated carbocycles. The fourth-order valence-electron chi connectivity index (χ4n) is 6.47. The van der Waals surface area contributed by atoms with Crippen LogP contribution in [0.1, 0.15) is 76.6 Å². The van der Waals surface area contributed by atoms with Crippen LogP contribution in [-0.4, -0.2) is 58.1 Å². The number of piperidine rings is 1. The van der Waals surface area contributed by atoms with Crippen molar-refractivity contribution in [1.82, 2.24) is 20.5 Å². The zero-order chi connectivity index (χ0) is 30.3. The fraction of sp³-hybridized carbons (Fsp3) is 0.485. The van der Waals surface area contributed by atoms with Crippen molar-refractivity contribution in [3.05, 3.63) is 71.4 Å². The summed E-state index contributed by atoms with van der Waals surface area (Å²) in [7, 11) is 0. The lowest BCUT2D eigenvalue weighted by Gasteiger charge is -2.41. The summed E-state index contributed by atoms with van der Waals surface area (Å²) in [4.78, 5) is 45.3. The van der Waals surface area contributed by atoms with E-state index >= 15 is 0 Å². The van der Waals surface area contributed by atoms with Crippen molar-refractivity contribution in [3.63, 3.8) is 0 Å². The largest absolute Gasteiger partial charge is 0.444 e. The molecule has 2 heterocycles. The number of likely N-dealkylation sites (tertiary alicyclic amines) is 1. The number of hydrogen-bond donors (Lipinski definition) is 4. The Hall–Kier alpha value is -3.85. The van der Waals surface area contributed by atoms with Crippen molar-refractivity contribution < 1.29 is 19.1 Å². The number of para-hydroxylation sites is 1. The molecule has 1 aliphatic heterocycles. The molecule has 1 saturated heterocycles. The molecule has 2 aliphatic rings. The van der Waals surface area contributed by atoms with Gasteiger partial charge in [0.1, 0.15) is 17.2 Å². The Morgan fingerprint density at radius 2 is 1.71 bits per heavy atom. The first-order chi connectivity index (χ1) is 19.8. The Balaban J connectivity index is 1.34. The lowest BCUT2D eigenvalue weighted by molar-refractivity contribution is -0.139. The molecule has 9 nitrogen and oxygen atoms in total. The minimum Gasteiger partial charge on any atom is -0.444 e. The molecule has 2 atom stereocenters. The van der Waals surface area contributed by atoms with E-state index in [0.29, 0.717) is 19.5 Å². The third kappa shape index (κ3) is 6.02. The number of hydrogen-bond acceptors (Lipinski definition) is 5. The first-order valence-electron chi connectivity index (χ1n) is 14.8. The van der Waals surface area contributed by atoms with Crippen molar-refractivity contribution in [3.8, 4) is 0 Å². The van der Waals surface area contributed by atoms with E-state index < -0.39 is 29.2 Å². The van der Waals surface area contributed by atoms with E-state index in [2.05, 4.69) is 33.8 Å². The Labute approximate surface area is 247 Å². The van der Waals surface area contributed by atoms with Gasteiger partial charge < -0.3 is 31.0 Å². The molecule has 5 rings (SSSR count). The highest BCUT2D eigenvalue weighted by Crippen LogP contribution is 2.49. The summed E-state index contributed by atoms with van der Waals surface area (Å²) in [6, 6.07) is 15.5. The van der Waals surface area contributed by atoms with Crippen LogP contribution in [-0.2, 0) is 26.2 Å². The lowest BCUT2D eigenvalue weighted by Crippen LogP contribution is -2.60. The molecule has 42 heavy (non-hydrogen) atoms. The molecule has 0 bridgehead atoms. The minimum atomic E-state index is -1.31. The quantitative estimate of drug-likeness (QED) is 0.346. The number of carbonyl (C=O) groups is 3. The molecule has 0 radical (unpaired) electrons. The van der Waals surface area contributed by atoms with Crippen LogP contribution in [0.15, 0.2) is 54.7 Å². The summed E-state index contributed by atoms with van der Waals surface area (Å²) in [6.45, 7) is 9.65. The molecule has 1 spiro atoms. The van der Waals surface area contributed by atoms with Gasteiger partial charge in [0.25, 0.3) is 0 Å². The van der Waals surface area contributed by atoms with Gasteiger partial charge in [0, 0.05) is 48.1 Å². The Kier molecular flexibility index (Phi) is 7.83. The minimum absolute atomic E-state index is 0.0112. The van der Waals surface area contributed by atoms with Gasteiger partial charge in [0.05, 0.1) is 0 Å². The molecule has 1 unspecified atom stereocenters. The highest BCUT2D eigenvalue weighted by Gasteiger charge is 2.45. The van der Waals surface area contributed by atoms with Crippen molar-refractivity contribution in [2.24, 2.45) is 5.73 Å². The van der Waals surface area contributed by atoms with E-state index in [0.717, 1.165) is 35.7 Å². The van der Waals surface area contributed by atoms with Gasteiger partial charge in [-0.3, -0.25) is 9.59 Å². The third-order valence-corrected chi connectivity index (χ3v) is 8.66. The van der Waals surface area contributed by atoms with Crippen LogP contribution in [0.25, 0.3) is 10.9 Å². The number of nitrogens with two attached hydrogens (primary N) is 1. The lowest BCUT2D eigenvalue weighted by atomic mass is 9.73. The number of benzene rings is 2. The van der Waals surface area contributed by atoms with Gasteiger partial charge in [0.15, 0.2) is 0 Å². The number of aromatic amines is 1. The van der Waals surface area contributed by atoms with Gasteiger partial charge >= 0.3 is 6.09 Å². The third-order valence-electron chi connectivity index (χ3n) is 8.66. The summed E-state index contributed by atoms with van der Waals surface area (Å²) in [5.41, 5.74) is 8.89. The van der Waals surface area contributed by atoms with E-state index in [1.807, 2.05) is 41.4 Å². The maximum atomic E-state index is 14.1. The number of carbonyl (C=O) groups excluding carboxylic acids is 3. The van der Waals surface area contributed by atoms with Gasteiger partial charge in [-0.15, -0.1) is 0 Å². The summed E-state index contributed by atoms with van der Waals surface area (Å²) in [5, 5.41) is 6.63. The number of amides is 3. The second-order valence-electron chi connectivity index (χ2n) is 13.3. The zero-order valence-corrected chi connectivity index (χ0v) is 25.3. The van der Waals surface area contributed by atoms with E-state index in [1.165, 1.54) is 11.1 Å². The van der Waals surface area contributed by atoms with Crippen molar-refractivity contribution >= 4 is 28.8 Å². The number of nitrogens with zero attached hydrogens (tertiary/aromatic N) is 1. The maximum Gasteiger partial charge on any atom is 0.408 e. The van der Waals surface area contributed by atoms with Crippen LogP contribution in [0, 0.1) is 0 Å². The van der Waals surface area contributed by atoms with E-state index in [-0.39, 0.29) is 17.4 Å². The number of aromatic nitrogens is 1. The number of fused-ring (bicyclic) bond motifs is 3. The van der Waals surface area contributed by atoms with Crippen LogP contribution in [0.3, 0.4) is 0 Å². The van der Waals surface area contributed by atoms with Crippen LogP contribution in [0.5, 0.6) is 0 Å². The molecule has 9 heteroatoms. The first-order valence-corrected chi connectivity index (χ1v) is 14.8. The highest BCUT2D eigenvalue weighted by molar-refractivity contribution is 5.94. The standard InChI is InChI=1S/C33H43N5O4/c1-31(2,3)42-30(41)37-32(4,5)29(40)36-27(18-21-20-35-26-13-9-7-10-22(21)26)28(39)38-16-14-33(15-17-38)19-25(34)23-11-6-8-12-24(23)33/h6-13,20,25,27,35H,14-19,34H2,1-5H3,(H,36,40)(H,37,41)/t25-,27?/m1/s1. The molecule has 2 aromatic carbocycles. The summed E-state index contributed by atoms with van der Waals surface area (Å²) in [6.07, 6.45) is 4.04. The second-order valence-corrected chi connectivity index (χ2v) is 13.3. The van der Waals surface area contributed by atoms with Gasteiger partial charge in [-0.05, 0) is 76.6 Å². The molecular weight excluding hydrogens is 530 g/mol. The average Bonchev–Trinajstić information content (AvgIpc) is 3.45. The number of nitrogens with one attached hydrogen (secondary N) is 3. The number of alkyl carbamates (subject to hydrolysis) is 1. The normalized spacial score (nSPS) is 18.9. The van der Waals surface area contributed by atoms with Crippen LogP contribution in [0.4, 0.5) is 4.79 Å². The summed E-state index contributed by atoms with van der Waals surface area (Å²) >= 11 is 0. The maximum absolute atomic E-state index is 14.1. The predicted molar refractivity (Wildman–Crippen MR) is 163 cm³/mol. The van der Waals surface area contributed by atoms with Crippen LogP contribution in [0.2, 0.25) is 0 Å². The summed E-state index contributed by atoms with van der Waals surface area (Å²) in [5.74, 6) is -0.595. The molecular formula is C33H43N5O4. The van der Waals surface area contributed by atoms with Crippen molar-refractivity contribution in [2.45, 2.75) is 88.9 Å². The molecule has 224 valence electrons. The molecule has 1 aliphatic carbocycles. The topological polar surface area (TPSA) is 130 Å².